The lowest BCUT2D eigenvalue weighted by Gasteiger charge is -2.06. The summed E-state index contributed by atoms with van der Waals surface area (Å²) in [6.07, 6.45) is 2.04. The summed E-state index contributed by atoms with van der Waals surface area (Å²) in [5.41, 5.74) is 5.90. The van der Waals surface area contributed by atoms with Crippen molar-refractivity contribution in [2.45, 2.75) is 30.9 Å². The number of nitrogens with zero attached hydrogens (tertiary/aromatic N) is 1. The third-order valence-electron chi connectivity index (χ3n) is 2.20. The van der Waals surface area contributed by atoms with E-state index in [9.17, 15) is 8.42 Å². The average molecular weight is 293 g/mol. The third kappa shape index (κ3) is 4.52. The van der Waals surface area contributed by atoms with Crippen LogP contribution < -0.4 is 10.5 Å². The molecule has 0 bridgehead atoms. The first-order valence-electron chi connectivity index (χ1n) is 5.77. The van der Waals surface area contributed by atoms with Crippen LogP contribution in [0.3, 0.4) is 0 Å². The van der Waals surface area contributed by atoms with Gasteiger partial charge < -0.3 is 10.5 Å². The number of nitrogen functional groups attached to an aromatic ring is 1. The molecule has 0 saturated carbocycles. The van der Waals surface area contributed by atoms with Crippen LogP contribution in [0.25, 0.3) is 0 Å². The topological polar surface area (TPSA) is 94.3 Å². The van der Waals surface area contributed by atoms with Crippen molar-refractivity contribution in [3.05, 3.63) is 5.69 Å². The number of anilines is 1. The first-order chi connectivity index (χ1) is 8.47. The number of thiazole rings is 1. The highest BCUT2D eigenvalue weighted by Crippen LogP contribution is 2.24. The minimum Gasteiger partial charge on any atom is -0.380 e. The van der Waals surface area contributed by atoms with Crippen molar-refractivity contribution in [2.75, 3.05) is 25.5 Å². The first kappa shape index (κ1) is 15.4. The zero-order valence-corrected chi connectivity index (χ0v) is 12.2. The van der Waals surface area contributed by atoms with Gasteiger partial charge in [0.15, 0.2) is 9.34 Å². The molecule has 0 saturated heterocycles. The van der Waals surface area contributed by atoms with E-state index in [1.165, 1.54) is 0 Å². The fourth-order valence-corrected chi connectivity index (χ4v) is 3.67. The van der Waals surface area contributed by atoms with Gasteiger partial charge in [-0.25, -0.2) is 18.1 Å². The summed E-state index contributed by atoms with van der Waals surface area (Å²) in [5.74, 6) is 0. The number of rotatable bonds is 8. The maximum absolute atomic E-state index is 11.9. The van der Waals surface area contributed by atoms with Crippen LogP contribution in [0.1, 0.15) is 25.5 Å². The van der Waals surface area contributed by atoms with Gasteiger partial charge in [0.05, 0.1) is 12.3 Å². The Morgan fingerprint density at radius 1 is 1.44 bits per heavy atom. The van der Waals surface area contributed by atoms with Crippen molar-refractivity contribution in [1.82, 2.24) is 9.71 Å². The highest BCUT2D eigenvalue weighted by molar-refractivity contribution is 7.91. The molecular weight excluding hydrogens is 274 g/mol. The molecule has 0 aliphatic carbocycles. The lowest BCUT2D eigenvalue weighted by molar-refractivity contribution is 0.136. The molecule has 1 heterocycles. The van der Waals surface area contributed by atoms with Crippen molar-refractivity contribution in [2.24, 2.45) is 0 Å². The van der Waals surface area contributed by atoms with Crippen LogP contribution in [0.4, 0.5) is 5.13 Å². The molecule has 1 aromatic heterocycles. The van der Waals surface area contributed by atoms with Crippen LogP contribution in [0.5, 0.6) is 0 Å². The van der Waals surface area contributed by atoms with Crippen molar-refractivity contribution in [1.29, 1.82) is 0 Å². The molecule has 1 rings (SSSR count). The van der Waals surface area contributed by atoms with Gasteiger partial charge in [-0.2, -0.15) is 0 Å². The van der Waals surface area contributed by atoms with Crippen LogP contribution in [0, 0.1) is 6.92 Å². The zero-order valence-electron chi connectivity index (χ0n) is 10.6. The quantitative estimate of drug-likeness (QED) is 0.701. The van der Waals surface area contributed by atoms with E-state index in [4.69, 9.17) is 10.5 Å². The van der Waals surface area contributed by atoms with Crippen LogP contribution in [-0.2, 0) is 14.8 Å². The first-order valence-corrected chi connectivity index (χ1v) is 8.07. The molecule has 104 valence electrons. The monoisotopic (exact) mass is 293 g/mol. The molecule has 0 amide bonds. The Bertz CT molecular complexity index is 471. The predicted molar refractivity (Wildman–Crippen MR) is 72.2 cm³/mol. The largest absolute Gasteiger partial charge is 0.380 e. The molecule has 3 N–H and O–H groups in total. The van der Waals surface area contributed by atoms with Gasteiger partial charge in [-0.1, -0.05) is 24.7 Å². The van der Waals surface area contributed by atoms with Gasteiger partial charge in [0, 0.05) is 13.2 Å². The Kier molecular flexibility index (Phi) is 6.00. The average Bonchev–Trinajstić information content (AvgIpc) is 2.63. The fraction of sp³-hybridized carbons (Fsp3) is 0.700. The molecular formula is C10H19N3O3S2. The Balaban J connectivity index is 2.43. The highest BCUT2D eigenvalue weighted by atomic mass is 32.2. The van der Waals surface area contributed by atoms with E-state index in [1.54, 1.807) is 6.92 Å². The number of hydrogen-bond donors (Lipinski definition) is 2. The number of sulfonamides is 1. The van der Waals surface area contributed by atoms with Crippen LogP contribution in [0.2, 0.25) is 0 Å². The Morgan fingerprint density at radius 3 is 2.72 bits per heavy atom. The number of nitrogens with two attached hydrogens (primary N) is 1. The minimum atomic E-state index is -3.52. The molecule has 8 heteroatoms. The maximum Gasteiger partial charge on any atom is 0.252 e. The van der Waals surface area contributed by atoms with Crippen molar-refractivity contribution >= 4 is 26.5 Å². The highest BCUT2D eigenvalue weighted by Gasteiger charge is 2.20. The van der Waals surface area contributed by atoms with Gasteiger partial charge in [0.25, 0.3) is 10.0 Å². The summed E-state index contributed by atoms with van der Waals surface area (Å²) in [7, 11) is -3.52. The molecule has 0 radical (unpaired) electrons. The number of unbranched alkanes of at least 4 members (excludes halogenated alkanes) is 1. The lowest BCUT2D eigenvalue weighted by Crippen LogP contribution is -2.27. The fourth-order valence-electron chi connectivity index (χ4n) is 1.31. The number of aromatic nitrogens is 1. The van der Waals surface area contributed by atoms with Gasteiger partial charge in [-0.15, -0.1) is 0 Å². The summed E-state index contributed by atoms with van der Waals surface area (Å²) >= 11 is 0.969. The number of aryl methyl sites for hydroxylation is 1. The molecule has 0 unspecified atom stereocenters. The Labute approximate surface area is 112 Å². The molecule has 0 atom stereocenters. The summed E-state index contributed by atoms with van der Waals surface area (Å²) in [6, 6.07) is 0. The standard InChI is InChI=1S/C10H19N3O3S2/c1-3-4-6-16-7-5-12-18(14,15)9-8(2)13-10(11)17-9/h12H,3-7H2,1-2H3,(H2,11,13). The Morgan fingerprint density at radius 2 is 2.17 bits per heavy atom. The van der Waals surface area contributed by atoms with Crippen molar-refractivity contribution in [3.63, 3.8) is 0 Å². The third-order valence-corrected chi connectivity index (χ3v) is 5.25. The van der Waals surface area contributed by atoms with Gasteiger partial charge in [-0.05, 0) is 13.3 Å². The zero-order chi connectivity index (χ0) is 13.6. The smallest absolute Gasteiger partial charge is 0.252 e. The van der Waals surface area contributed by atoms with Gasteiger partial charge in [0.2, 0.25) is 0 Å². The molecule has 6 nitrogen and oxygen atoms in total. The van der Waals surface area contributed by atoms with Gasteiger partial charge >= 0.3 is 0 Å². The maximum atomic E-state index is 11.9. The van der Waals surface area contributed by atoms with E-state index in [2.05, 4.69) is 16.6 Å². The van der Waals surface area contributed by atoms with Crippen molar-refractivity contribution < 1.29 is 13.2 Å². The molecule has 1 aromatic rings. The van der Waals surface area contributed by atoms with E-state index in [0.717, 1.165) is 24.2 Å². The molecule has 0 spiro atoms. The minimum absolute atomic E-state index is 0.175. The summed E-state index contributed by atoms with van der Waals surface area (Å²) < 4.78 is 31.7. The van der Waals surface area contributed by atoms with E-state index in [1.807, 2.05) is 0 Å². The molecule has 18 heavy (non-hydrogen) atoms. The van der Waals surface area contributed by atoms with Gasteiger partial charge in [-0.3, -0.25) is 0 Å². The van der Waals surface area contributed by atoms with Crippen LogP contribution in [-0.4, -0.2) is 33.2 Å². The second kappa shape index (κ2) is 7.03. The van der Waals surface area contributed by atoms with Crippen molar-refractivity contribution in [3.8, 4) is 0 Å². The van der Waals surface area contributed by atoms with Crippen LogP contribution in [0.15, 0.2) is 4.21 Å². The molecule has 0 aliphatic heterocycles. The molecule has 0 aromatic carbocycles. The second-order valence-electron chi connectivity index (χ2n) is 3.79. The van der Waals surface area contributed by atoms with Gasteiger partial charge in [0.1, 0.15) is 0 Å². The molecule has 0 aliphatic rings. The predicted octanol–water partition coefficient (Wildman–Crippen LogP) is 1.13. The second-order valence-corrected chi connectivity index (χ2v) is 6.78. The lowest BCUT2D eigenvalue weighted by atomic mass is 10.4. The van der Waals surface area contributed by atoms with E-state index in [0.29, 0.717) is 18.9 Å². The van der Waals surface area contributed by atoms with Crippen LogP contribution >= 0.6 is 11.3 Å². The molecule has 0 fully saturated rings. The Hall–Kier alpha value is -0.700. The van der Waals surface area contributed by atoms with E-state index < -0.39 is 10.0 Å². The van der Waals surface area contributed by atoms with E-state index >= 15 is 0 Å². The van der Waals surface area contributed by atoms with E-state index in [-0.39, 0.29) is 15.9 Å². The normalized spacial score (nSPS) is 11.9. The number of ether oxygens (including phenoxy) is 1. The summed E-state index contributed by atoms with van der Waals surface area (Å²) in [4.78, 5) is 3.89. The number of nitrogens with one attached hydrogen (secondary N) is 1. The number of hydrogen-bond acceptors (Lipinski definition) is 6. The SMILES string of the molecule is CCCCOCCNS(=O)(=O)c1sc(N)nc1C. The summed E-state index contributed by atoms with van der Waals surface area (Å²) in [5, 5.41) is 0.257. The summed E-state index contributed by atoms with van der Waals surface area (Å²) in [6.45, 7) is 4.98.